The second-order valence-electron chi connectivity index (χ2n) is 6.91. The van der Waals surface area contributed by atoms with E-state index in [1.807, 2.05) is 12.3 Å². The third-order valence-corrected chi connectivity index (χ3v) is 5.18. The Morgan fingerprint density at radius 2 is 1.85 bits per heavy atom. The van der Waals surface area contributed by atoms with E-state index >= 15 is 0 Å². The zero-order chi connectivity index (χ0) is 24.1. The third-order valence-electron chi connectivity index (χ3n) is 4.53. The van der Waals surface area contributed by atoms with Crippen molar-refractivity contribution in [3.8, 4) is 17.2 Å². The Morgan fingerprint density at radius 1 is 1.09 bits per heavy atom. The molecule has 1 atom stereocenters. The summed E-state index contributed by atoms with van der Waals surface area (Å²) in [5, 5.41) is 5.53. The van der Waals surface area contributed by atoms with Crippen LogP contribution in [0.15, 0.2) is 48.5 Å². The molecule has 2 amide bonds. The van der Waals surface area contributed by atoms with E-state index in [0.717, 1.165) is 5.56 Å². The lowest BCUT2D eigenvalue weighted by atomic mass is 10.1. The van der Waals surface area contributed by atoms with Gasteiger partial charge < -0.3 is 24.8 Å². The molecule has 2 N–H and O–H groups in total. The van der Waals surface area contributed by atoms with E-state index in [2.05, 4.69) is 15.4 Å². The predicted molar refractivity (Wildman–Crippen MR) is 123 cm³/mol. The summed E-state index contributed by atoms with van der Waals surface area (Å²) in [6, 6.07) is 12.8. The molecule has 2 aromatic rings. The van der Waals surface area contributed by atoms with Crippen LogP contribution < -0.4 is 24.8 Å². The first-order valence-corrected chi connectivity index (χ1v) is 11.7. The molecule has 33 heavy (non-hydrogen) atoms. The van der Waals surface area contributed by atoms with Gasteiger partial charge in [0.25, 0.3) is 5.91 Å². The number of amides is 2. The number of halogens is 2. The minimum atomic E-state index is -2.95. The Bertz CT molecular complexity index is 886. The first-order valence-electron chi connectivity index (χ1n) is 10.3. The van der Waals surface area contributed by atoms with Gasteiger partial charge in [-0.25, -0.2) is 0 Å². The average Bonchev–Trinajstić information content (AvgIpc) is 2.81. The topological polar surface area (TPSA) is 85.9 Å². The quantitative estimate of drug-likeness (QED) is 0.430. The van der Waals surface area contributed by atoms with Crippen LogP contribution in [-0.2, 0) is 16.0 Å². The van der Waals surface area contributed by atoms with Gasteiger partial charge in [-0.1, -0.05) is 24.3 Å². The van der Waals surface area contributed by atoms with Gasteiger partial charge in [-0.3, -0.25) is 9.59 Å². The molecule has 0 bridgehead atoms. The summed E-state index contributed by atoms with van der Waals surface area (Å²) in [7, 11) is 1.36. The monoisotopic (exact) mass is 482 g/mol. The van der Waals surface area contributed by atoms with E-state index in [1.165, 1.54) is 13.2 Å². The molecule has 2 aromatic carbocycles. The molecular weight excluding hydrogens is 454 g/mol. The van der Waals surface area contributed by atoms with Gasteiger partial charge in [0, 0.05) is 6.54 Å². The molecule has 0 saturated carbocycles. The summed E-state index contributed by atoms with van der Waals surface area (Å²) in [6.45, 7) is -2.85. The summed E-state index contributed by atoms with van der Waals surface area (Å²) in [5.74, 6) is 0.695. The summed E-state index contributed by atoms with van der Waals surface area (Å²) in [5.41, 5.74) is 0.773. The highest BCUT2D eigenvalue weighted by Crippen LogP contribution is 2.29. The van der Waals surface area contributed by atoms with Gasteiger partial charge in [0.15, 0.2) is 18.1 Å². The van der Waals surface area contributed by atoms with E-state index in [-0.39, 0.29) is 29.9 Å². The summed E-state index contributed by atoms with van der Waals surface area (Å²) >= 11 is 1.57. The number of thioether (sulfide) groups is 1. The normalized spacial score (nSPS) is 11.5. The number of ether oxygens (including phenoxy) is 3. The van der Waals surface area contributed by atoms with E-state index in [0.29, 0.717) is 30.9 Å². The number of carbonyl (C=O) groups is 2. The SMILES string of the molecule is COc1cc(CCNC(=O)C(CCSC)NC(=O)COc2ccccc2)ccc1OC(F)F. The molecule has 0 spiro atoms. The fraction of sp³-hybridized carbons (Fsp3) is 0.391. The molecule has 0 aliphatic carbocycles. The fourth-order valence-electron chi connectivity index (χ4n) is 2.92. The number of alkyl halides is 2. The van der Waals surface area contributed by atoms with Crippen molar-refractivity contribution in [1.29, 1.82) is 0 Å². The Hall–Kier alpha value is -3.01. The lowest BCUT2D eigenvalue weighted by Gasteiger charge is -2.18. The van der Waals surface area contributed by atoms with Crippen molar-refractivity contribution in [1.82, 2.24) is 10.6 Å². The Labute approximate surface area is 196 Å². The number of methoxy groups -OCH3 is 1. The Kier molecular flexibility index (Phi) is 11.3. The van der Waals surface area contributed by atoms with Gasteiger partial charge in [0.1, 0.15) is 11.8 Å². The maximum atomic E-state index is 12.6. The molecule has 2 rings (SSSR count). The molecule has 0 radical (unpaired) electrons. The highest BCUT2D eigenvalue weighted by Gasteiger charge is 2.20. The van der Waals surface area contributed by atoms with Gasteiger partial charge >= 0.3 is 6.61 Å². The maximum absolute atomic E-state index is 12.6. The molecule has 0 aromatic heterocycles. The zero-order valence-corrected chi connectivity index (χ0v) is 19.3. The summed E-state index contributed by atoms with van der Waals surface area (Å²) in [6.07, 6.45) is 2.83. The van der Waals surface area contributed by atoms with Crippen LogP contribution in [0.5, 0.6) is 17.2 Å². The molecule has 1 unspecified atom stereocenters. The van der Waals surface area contributed by atoms with Crippen molar-refractivity contribution >= 4 is 23.6 Å². The molecule has 10 heteroatoms. The molecule has 7 nitrogen and oxygen atoms in total. The van der Waals surface area contributed by atoms with Crippen LogP contribution in [0.1, 0.15) is 12.0 Å². The maximum Gasteiger partial charge on any atom is 0.387 e. The number of benzene rings is 2. The minimum Gasteiger partial charge on any atom is -0.493 e. The van der Waals surface area contributed by atoms with Crippen LogP contribution in [0.3, 0.4) is 0 Å². The number of nitrogens with one attached hydrogen (secondary N) is 2. The van der Waals surface area contributed by atoms with Crippen molar-refractivity contribution in [3.05, 3.63) is 54.1 Å². The van der Waals surface area contributed by atoms with E-state index in [1.54, 1.807) is 48.2 Å². The fourth-order valence-corrected chi connectivity index (χ4v) is 3.39. The minimum absolute atomic E-state index is 0.0575. The largest absolute Gasteiger partial charge is 0.493 e. The molecular formula is C23H28F2N2O5S. The van der Waals surface area contributed by atoms with Gasteiger partial charge in [-0.2, -0.15) is 20.5 Å². The molecule has 0 aliphatic rings. The first-order chi connectivity index (χ1) is 15.9. The molecule has 0 saturated heterocycles. The molecule has 0 heterocycles. The number of hydrogen-bond donors (Lipinski definition) is 2. The van der Waals surface area contributed by atoms with Crippen molar-refractivity contribution < 1.29 is 32.6 Å². The van der Waals surface area contributed by atoms with Crippen LogP contribution in [0, 0.1) is 0 Å². The number of para-hydroxylation sites is 1. The van der Waals surface area contributed by atoms with Crippen LogP contribution >= 0.6 is 11.8 Å². The van der Waals surface area contributed by atoms with Gasteiger partial charge in [-0.05, 0) is 54.7 Å². The predicted octanol–water partition coefficient (Wildman–Crippen LogP) is 3.27. The zero-order valence-electron chi connectivity index (χ0n) is 18.5. The van der Waals surface area contributed by atoms with E-state index < -0.39 is 12.7 Å². The van der Waals surface area contributed by atoms with Crippen LogP contribution in [0.2, 0.25) is 0 Å². The standard InChI is InChI=1S/C23H28F2N2O5S/c1-30-20-14-16(8-9-19(20)32-23(24)25)10-12-26-22(29)18(11-13-33-2)27-21(28)15-31-17-6-4-3-5-7-17/h3-9,14,18,23H,10-13,15H2,1-2H3,(H,26,29)(H,27,28). The van der Waals surface area contributed by atoms with Gasteiger partial charge in [-0.15, -0.1) is 0 Å². The summed E-state index contributed by atoms with van der Waals surface area (Å²) < 4.78 is 39.8. The third kappa shape index (κ3) is 9.56. The second-order valence-corrected chi connectivity index (χ2v) is 7.89. The van der Waals surface area contributed by atoms with Crippen LogP contribution in [-0.4, -0.2) is 56.7 Å². The van der Waals surface area contributed by atoms with Crippen molar-refractivity contribution in [3.63, 3.8) is 0 Å². The number of hydrogen-bond acceptors (Lipinski definition) is 6. The Morgan fingerprint density at radius 3 is 2.52 bits per heavy atom. The first kappa shape index (κ1) is 26.2. The van der Waals surface area contributed by atoms with Gasteiger partial charge in [0.05, 0.1) is 7.11 Å². The second kappa shape index (κ2) is 14.2. The van der Waals surface area contributed by atoms with Gasteiger partial charge in [0.2, 0.25) is 5.91 Å². The van der Waals surface area contributed by atoms with Crippen molar-refractivity contribution in [2.45, 2.75) is 25.5 Å². The van der Waals surface area contributed by atoms with E-state index in [9.17, 15) is 18.4 Å². The highest BCUT2D eigenvalue weighted by atomic mass is 32.2. The lowest BCUT2D eigenvalue weighted by Crippen LogP contribution is -2.48. The Balaban J connectivity index is 1.86. The van der Waals surface area contributed by atoms with Crippen molar-refractivity contribution in [2.75, 3.05) is 32.3 Å². The molecule has 180 valence electrons. The molecule has 0 fully saturated rings. The smallest absolute Gasteiger partial charge is 0.387 e. The van der Waals surface area contributed by atoms with E-state index in [4.69, 9.17) is 9.47 Å². The molecule has 0 aliphatic heterocycles. The number of carbonyl (C=O) groups excluding carboxylic acids is 2. The van der Waals surface area contributed by atoms with Crippen molar-refractivity contribution in [2.24, 2.45) is 0 Å². The highest BCUT2D eigenvalue weighted by molar-refractivity contribution is 7.98. The van der Waals surface area contributed by atoms with Crippen LogP contribution in [0.25, 0.3) is 0 Å². The lowest BCUT2D eigenvalue weighted by molar-refractivity contribution is -0.130. The average molecular weight is 483 g/mol. The van der Waals surface area contributed by atoms with Crippen LogP contribution in [0.4, 0.5) is 8.78 Å². The number of rotatable bonds is 14. The summed E-state index contributed by atoms with van der Waals surface area (Å²) in [4.78, 5) is 24.9.